The fraction of sp³-hybridized carbons (Fsp3) is 0.200. The number of hydrogen-bond donors (Lipinski definition) is 1. The Kier molecular flexibility index (Phi) is 5.64. The van der Waals surface area contributed by atoms with Gasteiger partial charge in [-0.25, -0.2) is 9.97 Å². The van der Waals surface area contributed by atoms with Crippen molar-refractivity contribution in [2.45, 2.75) is 18.3 Å². The number of benzene rings is 2. The van der Waals surface area contributed by atoms with Gasteiger partial charge in [0.2, 0.25) is 0 Å². The molecule has 2 aromatic carbocycles. The number of nitrogens with zero attached hydrogens (tertiary/aromatic N) is 4. The summed E-state index contributed by atoms with van der Waals surface area (Å²) < 4.78 is 1.68. The molecule has 5 rings (SSSR count). The summed E-state index contributed by atoms with van der Waals surface area (Å²) in [5, 5.41) is 8.63. The second-order valence-corrected chi connectivity index (χ2v) is 9.21. The molecule has 0 saturated heterocycles. The number of halogens is 2. The van der Waals surface area contributed by atoms with Crippen LogP contribution in [0.1, 0.15) is 28.9 Å². The lowest BCUT2D eigenvalue weighted by Crippen LogP contribution is -2.33. The summed E-state index contributed by atoms with van der Waals surface area (Å²) in [6.07, 6.45) is 5.55. The summed E-state index contributed by atoms with van der Waals surface area (Å²) in [5.41, 5.74) is 3.68. The van der Waals surface area contributed by atoms with Gasteiger partial charge in [-0.05, 0) is 48.7 Å². The van der Waals surface area contributed by atoms with Crippen molar-refractivity contribution in [3.05, 3.63) is 88.3 Å². The lowest BCUT2D eigenvalue weighted by Gasteiger charge is -2.17. The third-order valence-electron chi connectivity index (χ3n) is 5.96. The Morgan fingerprint density at radius 3 is 2.27 bits per heavy atom. The molecule has 6 nitrogen and oxygen atoms in total. The van der Waals surface area contributed by atoms with Gasteiger partial charge in [0.05, 0.1) is 17.5 Å². The van der Waals surface area contributed by atoms with Gasteiger partial charge in [-0.3, -0.25) is 9.48 Å². The molecular weight excluding hydrogens is 457 g/mol. The van der Waals surface area contributed by atoms with Crippen LogP contribution >= 0.6 is 23.2 Å². The first-order valence-corrected chi connectivity index (χ1v) is 11.4. The third-order valence-corrected chi connectivity index (χ3v) is 6.46. The molecule has 8 heteroatoms. The van der Waals surface area contributed by atoms with E-state index in [1.54, 1.807) is 29.1 Å². The SMILES string of the molecule is Cn1cc(-c2nc(C(=O)NCC3(c4ccc(Cl)cc4)CC3)cc(-c3ccc(Cl)cc3)n2)cn1. The van der Waals surface area contributed by atoms with Crippen molar-refractivity contribution in [1.82, 2.24) is 25.1 Å². The molecule has 33 heavy (non-hydrogen) atoms. The Morgan fingerprint density at radius 2 is 1.67 bits per heavy atom. The number of carbonyl (C=O) groups excluding carboxylic acids is 1. The topological polar surface area (TPSA) is 72.7 Å². The molecule has 2 aromatic heterocycles. The van der Waals surface area contributed by atoms with Crippen LogP contribution in [0.25, 0.3) is 22.6 Å². The molecule has 1 saturated carbocycles. The number of carbonyl (C=O) groups is 1. The number of nitrogens with one attached hydrogen (secondary N) is 1. The van der Waals surface area contributed by atoms with Gasteiger partial charge >= 0.3 is 0 Å². The van der Waals surface area contributed by atoms with Crippen LogP contribution in [0.3, 0.4) is 0 Å². The predicted octanol–water partition coefficient (Wildman–Crippen LogP) is 5.31. The minimum atomic E-state index is -0.238. The molecule has 0 spiro atoms. The summed E-state index contributed by atoms with van der Waals surface area (Å²) in [7, 11) is 1.83. The van der Waals surface area contributed by atoms with Crippen molar-refractivity contribution in [2.75, 3.05) is 6.54 Å². The molecule has 1 amide bonds. The molecule has 1 aliphatic rings. The summed E-state index contributed by atoms with van der Waals surface area (Å²) in [4.78, 5) is 22.4. The molecule has 2 heterocycles. The van der Waals surface area contributed by atoms with Gasteiger partial charge in [-0.15, -0.1) is 0 Å². The highest BCUT2D eigenvalue weighted by atomic mass is 35.5. The van der Waals surface area contributed by atoms with Gasteiger partial charge in [-0.2, -0.15) is 5.10 Å². The zero-order valence-corrected chi connectivity index (χ0v) is 19.4. The molecule has 1 fully saturated rings. The Bertz CT molecular complexity index is 1310. The predicted molar refractivity (Wildman–Crippen MR) is 129 cm³/mol. The number of hydrogen-bond acceptors (Lipinski definition) is 4. The quantitative estimate of drug-likeness (QED) is 0.408. The van der Waals surface area contributed by atoms with Crippen LogP contribution in [0.4, 0.5) is 0 Å². The molecule has 4 aromatic rings. The van der Waals surface area contributed by atoms with E-state index in [0.717, 1.165) is 24.0 Å². The van der Waals surface area contributed by atoms with Crippen LogP contribution in [0, 0.1) is 0 Å². The normalized spacial score (nSPS) is 14.2. The first-order chi connectivity index (χ1) is 15.9. The highest BCUT2D eigenvalue weighted by Crippen LogP contribution is 2.47. The van der Waals surface area contributed by atoms with Gasteiger partial charge in [-0.1, -0.05) is 47.5 Å². The van der Waals surface area contributed by atoms with Gasteiger partial charge in [0.15, 0.2) is 5.82 Å². The minimum absolute atomic E-state index is 0.0432. The van der Waals surface area contributed by atoms with Gasteiger partial charge in [0.25, 0.3) is 5.91 Å². The van der Waals surface area contributed by atoms with Crippen LogP contribution in [0.2, 0.25) is 10.0 Å². The second kappa shape index (κ2) is 8.61. The van der Waals surface area contributed by atoms with E-state index < -0.39 is 0 Å². The van der Waals surface area contributed by atoms with Crippen molar-refractivity contribution in [3.8, 4) is 22.6 Å². The van der Waals surface area contributed by atoms with Crippen molar-refractivity contribution in [1.29, 1.82) is 0 Å². The number of rotatable bonds is 6. The smallest absolute Gasteiger partial charge is 0.270 e. The van der Waals surface area contributed by atoms with Gasteiger partial charge < -0.3 is 5.32 Å². The molecule has 0 atom stereocenters. The van der Waals surface area contributed by atoms with Crippen molar-refractivity contribution in [3.63, 3.8) is 0 Å². The highest BCUT2D eigenvalue weighted by molar-refractivity contribution is 6.30. The van der Waals surface area contributed by atoms with E-state index in [9.17, 15) is 4.79 Å². The molecular formula is C25H21Cl2N5O. The summed E-state index contributed by atoms with van der Waals surface area (Å²) in [6, 6.07) is 16.9. The lowest BCUT2D eigenvalue weighted by molar-refractivity contribution is 0.0944. The molecule has 0 unspecified atom stereocenters. The van der Waals surface area contributed by atoms with Gasteiger partial charge in [0, 0.05) is 40.8 Å². The zero-order valence-electron chi connectivity index (χ0n) is 17.9. The Balaban J connectivity index is 1.43. The van der Waals surface area contributed by atoms with Crippen molar-refractivity contribution in [2.24, 2.45) is 7.05 Å². The van der Waals surface area contributed by atoms with Crippen molar-refractivity contribution >= 4 is 29.1 Å². The van der Waals surface area contributed by atoms with Crippen molar-refractivity contribution < 1.29 is 4.79 Å². The van der Waals surface area contributed by atoms with Crippen LogP contribution in [-0.4, -0.2) is 32.2 Å². The number of amides is 1. The Hall–Kier alpha value is -3.22. The number of aromatic nitrogens is 4. The average Bonchev–Trinajstić information content (AvgIpc) is 3.49. The van der Waals surface area contributed by atoms with E-state index in [1.165, 1.54) is 5.56 Å². The second-order valence-electron chi connectivity index (χ2n) is 8.34. The van der Waals surface area contributed by atoms with Crippen LogP contribution in [-0.2, 0) is 12.5 Å². The first kappa shape index (κ1) is 21.6. The standard InChI is InChI=1S/C25H21Cl2N5O/c1-32-14-17(13-29-32)23-30-21(16-2-6-19(26)7-3-16)12-22(31-23)24(33)28-15-25(10-11-25)18-4-8-20(27)9-5-18/h2-9,12-14H,10-11,15H2,1H3,(H,28,33). The number of aryl methyl sites for hydroxylation is 1. The fourth-order valence-corrected chi connectivity index (χ4v) is 4.11. The third kappa shape index (κ3) is 4.63. The molecule has 0 bridgehead atoms. The van der Waals surface area contributed by atoms with E-state index in [4.69, 9.17) is 23.2 Å². The molecule has 0 aliphatic heterocycles. The van der Waals surface area contributed by atoms with Crippen LogP contribution in [0.15, 0.2) is 67.0 Å². The Labute approximate surface area is 201 Å². The largest absolute Gasteiger partial charge is 0.350 e. The maximum Gasteiger partial charge on any atom is 0.270 e. The zero-order chi connectivity index (χ0) is 23.0. The summed E-state index contributed by atoms with van der Waals surface area (Å²) in [6.45, 7) is 0.538. The van der Waals surface area contributed by atoms with Crippen LogP contribution in [0.5, 0.6) is 0 Å². The van der Waals surface area contributed by atoms with E-state index in [2.05, 4.69) is 20.4 Å². The van der Waals surface area contributed by atoms with E-state index >= 15 is 0 Å². The molecule has 1 N–H and O–H groups in total. The molecule has 0 radical (unpaired) electrons. The lowest BCUT2D eigenvalue weighted by atomic mass is 9.96. The van der Waals surface area contributed by atoms with E-state index in [-0.39, 0.29) is 11.3 Å². The first-order valence-electron chi connectivity index (χ1n) is 10.6. The minimum Gasteiger partial charge on any atom is -0.350 e. The highest BCUT2D eigenvalue weighted by Gasteiger charge is 2.44. The average molecular weight is 478 g/mol. The summed E-state index contributed by atoms with van der Waals surface area (Å²) in [5.74, 6) is 0.206. The van der Waals surface area contributed by atoms with E-state index in [0.29, 0.717) is 33.8 Å². The molecule has 166 valence electrons. The van der Waals surface area contributed by atoms with Gasteiger partial charge in [0.1, 0.15) is 5.69 Å². The molecule has 1 aliphatic carbocycles. The maximum atomic E-state index is 13.2. The summed E-state index contributed by atoms with van der Waals surface area (Å²) >= 11 is 12.1. The van der Waals surface area contributed by atoms with E-state index in [1.807, 2.05) is 49.6 Å². The monoisotopic (exact) mass is 477 g/mol. The fourth-order valence-electron chi connectivity index (χ4n) is 3.86. The Morgan fingerprint density at radius 1 is 1.00 bits per heavy atom. The maximum absolute atomic E-state index is 13.2. The van der Waals surface area contributed by atoms with Crippen LogP contribution < -0.4 is 5.32 Å².